The number of halogens is 2. The van der Waals surface area contributed by atoms with Gasteiger partial charge in [-0.05, 0) is 61.2 Å². The highest BCUT2D eigenvalue weighted by Crippen LogP contribution is 2.33. The van der Waals surface area contributed by atoms with Crippen LogP contribution in [0.25, 0.3) is 11.1 Å². The van der Waals surface area contributed by atoms with Gasteiger partial charge in [-0.3, -0.25) is 0 Å². The molecule has 0 atom stereocenters. The van der Waals surface area contributed by atoms with Crippen LogP contribution in [0.1, 0.15) is 24.3 Å². The first-order valence-electron chi connectivity index (χ1n) is 7.53. The van der Waals surface area contributed by atoms with Crippen molar-refractivity contribution in [1.82, 2.24) is 5.32 Å². The summed E-state index contributed by atoms with van der Waals surface area (Å²) in [5.74, 6) is -0.283. The van der Waals surface area contributed by atoms with Crippen molar-refractivity contribution in [2.45, 2.75) is 18.8 Å². The zero-order valence-corrected chi connectivity index (χ0v) is 12.5. The van der Waals surface area contributed by atoms with Gasteiger partial charge in [0.2, 0.25) is 0 Å². The lowest BCUT2D eigenvalue weighted by molar-refractivity contribution is 0.387. The van der Waals surface area contributed by atoms with Crippen molar-refractivity contribution in [3.8, 4) is 16.9 Å². The minimum atomic E-state index is -0.452. The van der Waals surface area contributed by atoms with E-state index < -0.39 is 5.82 Å². The maximum atomic E-state index is 14.4. The lowest BCUT2D eigenvalue weighted by Gasteiger charge is -2.23. The van der Waals surface area contributed by atoms with E-state index in [0.29, 0.717) is 17.0 Å². The van der Waals surface area contributed by atoms with E-state index in [1.165, 1.54) is 13.2 Å². The molecule has 1 fully saturated rings. The van der Waals surface area contributed by atoms with Crippen LogP contribution >= 0.6 is 0 Å². The molecule has 1 heterocycles. The van der Waals surface area contributed by atoms with E-state index >= 15 is 0 Å². The molecule has 1 N–H and O–H groups in total. The molecule has 0 bridgehead atoms. The number of hydrogen-bond acceptors (Lipinski definition) is 2. The van der Waals surface area contributed by atoms with Gasteiger partial charge in [0.25, 0.3) is 0 Å². The highest BCUT2D eigenvalue weighted by Gasteiger charge is 2.18. The molecule has 22 heavy (non-hydrogen) atoms. The van der Waals surface area contributed by atoms with Crippen LogP contribution in [0.3, 0.4) is 0 Å². The third-order valence-corrected chi connectivity index (χ3v) is 4.22. The second-order valence-electron chi connectivity index (χ2n) is 5.62. The van der Waals surface area contributed by atoms with Crippen LogP contribution in [0.15, 0.2) is 36.4 Å². The van der Waals surface area contributed by atoms with Gasteiger partial charge in [-0.2, -0.15) is 0 Å². The van der Waals surface area contributed by atoms with Crippen LogP contribution in [0.2, 0.25) is 0 Å². The Morgan fingerprint density at radius 2 is 1.86 bits per heavy atom. The SMILES string of the molecule is COc1cccc(-c2cc(F)cc(C3CCNCC3)c2)c1F. The normalized spacial score (nSPS) is 15.8. The Bertz CT molecular complexity index is 666. The Morgan fingerprint density at radius 3 is 2.59 bits per heavy atom. The predicted octanol–water partition coefficient (Wildman–Crippen LogP) is 4.11. The van der Waals surface area contributed by atoms with Gasteiger partial charge in [0.15, 0.2) is 11.6 Å². The molecule has 1 aliphatic heterocycles. The molecule has 2 nitrogen and oxygen atoms in total. The molecule has 0 saturated carbocycles. The van der Waals surface area contributed by atoms with Gasteiger partial charge in [-0.1, -0.05) is 18.2 Å². The highest BCUT2D eigenvalue weighted by molar-refractivity contribution is 5.67. The van der Waals surface area contributed by atoms with Gasteiger partial charge in [0.1, 0.15) is 5.82 Å². The van der Waals surface area contributed by atoms with E-state index in [1.54, 1.807) is 24.3 Å². The van der Waals surface area contributed by atoms with Crippen molar-refractivity contribution >= 4 is 0 Å². The number of piperidine rings is 1. The van der Waals surface area contributed by atoms with Crippen molar-refractivity contribution in [3.63, 3.8) is 0 Å². The van der Waals surface area contributed by atoms with Gasteiger partial charge in [-0.25, -0.2) is 8.78 Å². The van der Waals surface area contributed by atoms with Gasteiger partial charge in [0.05, 0.1) is 7.11 Å². The van der Waals surface area contributed by atoms with Crippen molar-refractivity contribution in [2.75, 3.05) is 20.2 Å². The summed E-state index contributed by atoms with van der Waals surface area (Å²) in [5.41, 5.74) is 1.87. The molecule has 0 radical (unpaired) electrons. The first kappa shape index (κ1) is 15.0. The second-order valence-corrected chi connectivity index (χ2v) is 5.62. The molecule has 116 valence electrons. The summed E-state index contributed by atoms with van der Waals surface area (Å²) in [6.45, 7) is 1.87. The minimum absolute atomic E-state index is 0.171. The number of nitrogens with one attached hydrogen (secondary N) is 1. The van der Waals surface area contributed by atoms with E-state index in [1.807, 2.05) is 6.07 Å². The average molecular weight is 303 g/mol. The van der Waals surface area contributed by atoms with Crippen LogP contribution in [0.5, 0.6) is 5.75 Å². The summed E-state index contributed by atoms with van der Waals surface area (Å²) in [5, 5.41) is 3.30. The van der Waals surface area contributed by atoms with E-state index in [2.05, 4.69) is 5.32 Å². The average Bonchev–Trinajstić information content (AvgIpc) is 2.55. The van der Waals surface area contributed by atoms with Crippen LogP contribution in [-0.2, 0) is 0 Å². The van der Waals surface area contributed by atoms with Crippen molar-refractivity contribution < 1.29 is 13.5 Å². The summed E-state index contributed by atoms with van der Waals surface area (Å²) >= 11 is 0. The monoisotopic (exact) mass is 303 g/mol. The van der Waals surface area contributed by atoms with Crippen molar-refractivity contribution in [2.24, 2.45) is 0 Å². The summed E-state index contributed by atoms with van der Waals surface area (Å²) < 4.78 is 33.4. The van der Waals surface area contributed by atoms with Crippen LogP contribution in [-0.4, -0.2) is 20.2 Å². The summed E-state index contributed by atoms with van der Waals surface area (Å²) in [6, 6.07) is 9.77. The zero-order valence-electron chi connectivity index (χ0n) is 12.5. The van der Waals surface area contributed by atoms with Gasteiger partial charge >= 0.3 is 0 Å². The van der Waals surface area contributed by atoms with E-state index in [0.717, 1.165) is 31.5 Å². The number of methoxy groups -OCH3 is 1. The fourth-order valence-electron chi connectivity index (χ4n) is 3.05. The summed E-state index contributed by atoms with van der Waals surface area (Å²) in [6.07, 6.45) is 1.95. The molecule has 3 rings (SSSR count). The Balaban J connectivity index is 2.02. The van der Waals surface area contributed by atoms with Crippen LogP contribution < -0.4 is 10.1 Å². The van der Waals surface area contributed by atoms with Gasteiger partial charge < -0.3 is 10.1 Å². The molecular weight excluding hydrogens is 284 g/mol. The summed E-state index contributed by atoms with van der Waals surface area (Å²) in [7, 11) is 1.42. The van der Waals surface area contributed by atoms with Crippen molar-refractivity contribution in [1.29, 1.82) is 0 Å². The molecule has 0 amide bonds. The third-order valence-electron chi connectivity index (χ3n) is 4.22. The fraction of sp³-hybridized carbons (Fsp3) is 0.333. The molecule has 0 aromatic heterocycles. The van der Waals surface area contributed by atoms with Crippen LogP contribution in [0.4, 0.5) is 8.78 Å². The molecule has 4 heteroatoms. The number of rotatable bonds is 3. The third kappa shape index (κ3) is 2.97. The standard InChI is InChI=1S/C18H19F2NO/c1-22-17-4-2-3-16(18(17)20)14-9-13(10-15(19)11-14)12-5-7-21-8-6-12/h2-4,9-12,21H,5-8H2,1H3. The Morgan fingerprint density at radius 1 is 1.09 bits per heavy atom. The number of benzene rings is 2. The van der Waals surface area contributed by atoms with Gasteiger partial charge in [0, 0.05) is 5.56 Å². The Hall–Kier alpha value is -1.94. The smallest absolute Gasteiger partial charge is 0.172 e. The lowest BCUT2D eigenvalue weighted by Crippen LogP contribution is -2.26. The molecule has 0 unspecified atom stereocenters. The first-order valence-corrected chi connectivity index (χ1v) is 7.53. The Kier molecular flexibility index (Phi) is 4.39. The van der Waals surface area contributed by atoms with E-state index in [9.17, 15) is 8.78 Å². The lowest BCUT2D eigenvalue weighted by atomic mass is 9.88. The molecule has 0 spiro atoms. The first-order chi connectivity index (χ1) is 10.7. The largest absolute Gasteiger partial charge is 0.494 e. The molecule has 2 aromatic carbocycles. The van der Waals surface area contributed by atoms with E-state index in [-0.39, 0.29) is 11.6 Å². The quantitative estimate of drug-likeness (QED) is 0.921. The molecule has 1 aliphatic rings. The molecule has 2 aromatic rings. The van der Waals surface area contributed by atoms with Gasteiger partial charge in [-0.15, -0.1) is 0 Å². The molecule has 0 aliphatic carbocycles. The maximum absolute atomic E-state index is 14.4. The Labute approximate surface area is 129 Å². The zero-order chi connectivity index (χ0) is 15.5. The summed E-state index contributed by atoms with van der Waals surface area (Å²) in [4.78, 5) is 0. The molecular formula is C18H19F2NO. The number of ether oxygens (including phenoxy) is 1. The highest BCUT2D eigenvalue weighted by atomic mass is 19.1. The van der Waals surface area contributed by atoms with E-state index in [4.69, 9.17) is 4.74 Å². The predicted molar refractivity (Wildman–Crippen MR) is 83.2 cm³/mol. The minimum Gasteiger partial charge on any atom is -0.494 e. The van der Waals surface area contributed by atoms with Crippen molar-refractivity contribution in [3.05, 3.63) is 53.6 Å². The fourth-order valence-corrected chi connectivity index (χ4v) is 3.05. The molecule has 1 saturated heterocycles. The number of hydrogen-bond donors (Lipinski definition) is 1. The second kappa shape index (κ2) is 6.44. The maximum Gasteiger partial charge on any atom is 0.172 e. The van der Waals surface area contributed by atoms with Crippen LogP contribution in [0, 0.1) is 11.6 Å². The topological polar surface area (TPSA) is 21.3 Å².